The maximum Gasteiger partial charge on any atom is 0.416 e. The molecule has 2 aromatic rings. The Morgan fingerprint density at radius 1 is 1.12 bits per heavy atom. The normalized spacial score (nSPS) is 14.2. The second-order valence-corrected chi connectivity index (χ2v) is 6.15. The maximum atomic E-state index is 12.9. The van der Waals surface area contributed by atoms with Gasteiger partial charge < -0.3 is 3.83 Å². The minimum atomic E-state index is -4.43. The Hall–Kier alpha value is -1.72. The Morgan fingerprint density at radius 2 is 1.88 bits per heavy atom. The molecule has 1 aliphatic rings. The largest absolute Gasteiger partial charge is 0.417 e. The lowest BCUT2D eigenvalue weighted by atomic mass is 9.85. The first-order valence-electron chi connectivity index (χ1n) is 6.98. The molecule has 1 nitrogen and oxygen atoms in total. The fourth-order valence-corrected chi connectivity index (χ4v) is 3.28. The highest BCUT2D eigenvalue weighted by Crippen LogP contribution is 2.41. The zero-order valence-electron chi connectivity index (χ0n) is 12.3. The van der Waals surface area contributed by atoms with Crippen molar-refractivity contribution >= 4 is 39.0 Å². The van der Waals surface area contributed by atoms with Crippen molar-refractivity contribution in [2.75, 3.05) is 0 Å². The number of benzene rings is 2. The highest BCUT2D eigenvalue weighted by molar-refractivity contribution is 9.06. The van der Waals surface area contributed by atoms with Gasteiger partial charge in [0.2, 0.25) is 0 Å². The van der Waals surface area contributed by atoms with E-state index < -0.39 is 11.7 Å². The summed E-state index contributed by atoms with van der Waals surface area (Å²) >= 11 is 9.06. The highest BCUT2D eigenvalue weighted by Gasteiger charge is 2.32. The van der Waals surface area contributed by atoms with Crippen LogP contribution in [0.15, 0.2) is 49.1 Å². The van der Waals surface area contributed by atoms with Gasteiger partial charge in [-0.15, -0.1) is 0 Å². The van der Waals surface area contributed by atoms with Crippen molar-refractivity contribution in [1.82, 2.24) is 0 Å². The Morgan fingerprint density at radius 3 is 2.54 bits per heavy atom. The Labute approximate surface area is 150 Å². The van der Waals surface area contributed by atoms with E-state index in [-0.39, 0.29) is 5.75 Å². The Bertz CT molecular complexity index is 856. The molecule has 24 heavy (non-hydrogen) atoms. The van der Waals surface area contributed by atoms with Crippen LogP contribution in [0.25, 0.3) is 11.1 Å². The van der Waals surface area contributed by atoms with Gasteiger partial charge in [-0.25, -0.2) is 0 Å². The van der Waals surface area contributed by atoms with Crippen LogP contribution in [0.3, 0.4) is 0 Å². The molecule has 3 rings (SSSR count). The molecular weight excluding hydrogens is 405 g/mol. The van der Waals surface area contributed by atoms with Crippen LogP contribution >= 0.6 is 27.9 Å². The summed E-state index contributed by atoms with van der Waals surface area (Å²) in [5.74, 6) is 0.0966. The molecule has 0 heterocycles. The Balaban J connectivity index is 2.07. The van der Waals surface area contributed by atoms with Crippen molar-refractivity contribution < 1.29 is 17.0 Å². The summed E-state index contributed by atoms with van der Waals surface area (Å²) in [6.45, 7) is 4.02. The topological polar surface area (TPSA) is 9.23 Å². The molecule has 0 aromatic heterocycles. The minimum Gasteiger partial charge on any atom is -0.417 e. The third kappa shape index (κ3) is 3.10. The molecule has 0 saturated heterocycles. The van der Waals surface area contributed by atoms with Gasteiger partial charge in [-0.2, -0.15) is 13.2 Å². The summed E-state index contributed by atoms with van der Waals surface area (Å²) in [7, 11) is 0. The molecule has 6 heteroatoms. The summed E-state index contributed by atoms with van der Waals surface area (Å²) in [5.41, 5.74) is 3.19. The predicted molar refractivity (Wildman–Crippen MR) is 93.2 cm³/mol. The second-order valence-electron chi connectivity index (χ2n) is 5.42. The van der Waals surface area contributed by atoms with Crippen LogP contribution in [0.1, 0.15) is 22.3 Å². The summed E-state index contributed by atoms with van der Waals surface area (Å²) in [6.07, 6.45) is -2.10. The number of rotatable bonds is 2. The van der Waals surface area contributed by atoms with Crippen LogP contribution in [0.2, 0.25) is 5.02 Å². The van der Waals surface area contributed by atoms with Gasteiger partial charge in [0.15, 0.2) is 16.3 Å². The van der Waals surface area contributed by atoms with Gasteiger partial charge in [0.25, 0.3) is 0 Å². The lowest BCUT2D eigenvalue weighted by molar-refractivity contribution is -0.137. The summed E-state index contributed by atoms with van der Waals surface area (Å²) in [5, 5.41) is 0.604. The molecule has 1 aliphatic carbocycles. The first-order valence-corrected chi connectivity index (χ1v) is 8.01. The molecule has 0 fully saturated rings. The van der Waals surface area contributed by atoms with Crippen molar-refractivity contribution in [2.45, 2.75) is 12.6 Å². The fourth-order valence-electron chi connectivity index (χ4n) is 2.77. The summed E-state index contributed by atoms with van der Waals surface area (Å²) < 4.78 is 43.6. The van der Waals surface area contributed by atoms with Gasteiger partial charge in [-0.1, -0.05) is 42.5 Å². The summed E-state index contributed by atoms with van der Waals surface area (Å²) in [6, 6.07) is 8.96. The smallest absolute Gasteiger partial charge is 0.416 e. The van der Waals surface area contributed by atoms with E-state index in [1.807, 2.05) is 18.2 Å². The van der Waals surface area contributed by atoms with E-state index in [1.54, 1.807) is 6.07 Å². The molecule has 0 atom stereocenters. The van der Waals surface area contributed by atoms with E-state index in [1.165, 1.54) is 6.07 Å². The fraction of sp³-hybridized carbons (Fsp3) is 0.111. The Kier molecular flexibility index (Phi) is 4.49. The molecule has 0 N–H and O–H groups in total. The van der Waals surface area contributed by atoms with Crippen LogP contribution in [0.4, 0.5) is 13.2 Å². The minimum absolute atomic E-state index is 0.0966. The monoisotopic (exact) mass is 414 g/mol. The molecule has 0 aliphatic heterocycles. The van der Waals surface area contributed by atoms with E-state index in [0.29, 0.717) is 17.0 Å². The second kappa shape index (κ2) is 6.30. The molecule has 0 unspecified atom stereocenters. The summed E-state index contributed by atoms with van der Waals surface area (Å²) in [4.78, 5) is 0. The van der Waals surface area contributed by atoms with Gasteiger partial charge >= 0.3 is 6.18 Å². The molecule has 0 saturated carbocycles. The third-order valence-electron chi connectivity index (χ3n) is 3.92. The van der Waals surface area contributed by atoms with Crippen LogP contribution < -0.4 is 3.83 Å². The van der Waals surface area contributed by atoms with Crippen molar-refractivity contribution in [3.8, 4) is 5.75 Å². The third-order valence-corrected chi connectivity index (χ3v) is 4.62. The van der Waals surface area contributed by atoms with Crippen LogP contribution in [0.5, 0.6) is 5.75 Å². The van der Waals surface area contributed by atoms with Crippen LogP contribution in [-0.2, 0) is 12.6 Å². The van der Waals surface area contributed by atoms with E-state index in [9.17, 15) is 13.2 Å². The number of alkyl halides is 3. The zero-order valence-corrected chi connectivity index (χ0v) is 14.6. The molecular formula is C18H11BrClF3O. The standard InChI is InChI=1S/C18H11BrClF3O/c1-10-7-11(8-15-13(10)3-2-4-16(15)20)14-6-5-12(18(21,22)23)9-17(14)24-19/h2-7,9H,1,8H2. The van der Waals surface area contributed by atoms with Crippen molar-refractivity contribution in [1.29, 1.82) is 0 Å². The average molecular weight is 416 g/mol. The van der Waals surface area contributed by atoms with Gasteiger partial charge in [0, 0.05) is 17.0 Å². The van der Waals surface area contributed by atoms with Crippen LogP contribution in [0, 0.1) is 0 Å². The van der Waals surface area contributed by atoms with Gasteiger partial charge in [0.1, 0.15) is 5.75 Å². The molecule has 0 amide bonds. The zero-order chi connectivity index (χ0) is 17.5. The number of hydrogen-bond donors (Lipinski definition) is 0. The van der Waals surface area contributed by atoms with Gasteiger partial charge in [-0.3, -0.25) is 0 Å². The molecule has 0 spiro atoms. The highest BCUT2D eigenvalue weighted by atomic mass is 79.9. The van der Waals surface area contributed by atoms with Crippen molar-refractivity contribution in [3.05, 3.63) is 76.3 Å². The lowest BCUT2D eigenvalue weighted by Gasteiger charge is -2.21. The maximum absolute atomic E-state index is 12.9. The van der Waals surface area contributed by atoms with Gasteiger partial charge in [-0.05, 0) is 40.5 Å². The molecule has 124 valence electrons. The van der Waals surface area contributed by atoms with Crippen molar-refractivity contribution in [3.63, 3.8) is 0 Å². The SMILES string of the molecule is C=C1C=C(c2ccc(C(F)(F)F)cc2OBr)Cc2c(Cl)cccc21. The van der Waals surface area contributed by atoms with Crippen molar-refractivity contribution in [2.24, 2.45) is 0 Å². The number of halogens is 5. The van der Waals surface area contributed by atoms with E-state index in [0.717, 1.165) is 34.4 Å². The van der Waals surface area contributed by atoms with E-state index in [2.05, 4.69) is 22.8 Å². The molecule has 0 bridgehead atoms. The van der Waals surface area contributed by atoms with Crippen LogP contribution in [-0.4, -0.2) is 0 Å². The molecule has 0 radical (unpaired) electrons. The number of hydrogen-bond acceptors (Lipinski definition) is 1. The van der Waals surface area contributed by atoms with E-state index in [4.69, 9.17) is 15.4 Å². The van der Waals surface area contributed by atoms with Gasteiger partial charge in [0.05, 0.1) is 5.56 Å². The first-order chi connectivity index (χ1) is 11.3. The molecule has 2 aromatic carbocycles. The lowest BCUT2D eigenvalue weighted by Crippen LogP contribution is -2.07. The number of allylic oxidation sites excluding steroid dienone is 3. The van der Waals surface area contributed by atoms with E-state index >= 15 is 0 Å². The number of fused-ring (bicyclic) bond motifs is 1. The predicted octanol–water partition coefficient (Wildman–Crippen LogP) is 6.70. The average Bonchev–Trinajstić information content (AvgIpc) is 2.54. The quantitative estimate of drug-likeness (QED) is 0.530. The first kappa shape index (κ1) is 17.1.